The molecule has 1 saturated heterocycles. The van der Waals surface area contributed by atoms with Gasteiger partial charge in [0.25, 0.3) is 0 Å². The average molecular weight is 280 g/mol. The molecule has 1 aliphatic heterocycles. The highest BCUT2D eigenvalue weighted by atomic mass is 32.1. The van der Waals surface area contributed by atoms with Gasteiger partial charge in [0.15, 0.2) is 0 Å². The van der Waals surface area contributed by atoms with Crippen molar-refractivity contribution in [1.82, 2.24) is 9.88 Å². The molecule has 1 aliphatic rings. The van der Waals surface area contributed by atoms with Crippen molar-refractivity contribution in [2.45, 2.75) is 46.1 Å². The van der Waals surface area contributed by atoms with E-state index in [-0.39, 0.29) is 5.84 Å². The van der Waals surface area contributed by atoms with Crippen LogP contribution in [0.2, 0.25) is 0 Å². The maximum absolute atomic E-state index is 7.65. The lowest BCUT2D eigenvalue weighted by Gasteiger charge is -2.29. The first kappa shape index (κ1) is 14.5. The molecule has 1 unspecified atom stereocenters. The van der Waals surface area contributed by atoms with E-state index in [1.54, 1.807) is 11.3 Å². The molecule has 0 radical (unpaired) electrons. The molecule has 0 amide bonds. The molecule has 0 aliphatic carbocycles. The van der Waals surface area contributed by atoms with Crippen LogP contribution in [-0.4, -0.2) is 28.8 Å². The third-order valence-electron chi connectivity index (χ3n) is 3.57. The van der Waals surface area contributed by atoms with Crippen LogP contribution in [0.5, 0.6) is 0 Å². The van der Waals surface area contributed by atoms with Gasteiger partial charge in [0.2, 0.25) is 0 Å². The zero-order valence-electron chi connectivity index (χ0n) is 11.9. The molecule has 2 heterocycles. The third-order valence-corrected chi connectivity index (χ3v) is 4.69. The molecule has 0 spiro atoms. The van der Waals surface area contributed by atoms with Crippen molar-refractivity contribution in [2.75, 3.05) is 13.1 Å². The summed E-state index contributed by atoms with van der Waals surface area (Å²) in [6, 6.07) is 0. The minimum Gasteiger partial charge on any atom is -0.383 e. The molecule has 2 rings (SSSR count). The predicted molar refractivity (Wildman–Crippen MR) is 80.8 cm³/mol. The van der Waals surface area contributed by atoms with Crippen LogP contribution in [0.15, 0.2) is 0 Å². The number of rotatable bonds is 5. The molecule has 19 heavy (non-hydrogen) atoms. The van der Waals surface area contributed by atoms with Gasteiger partial charge in [0.05, 0.1) is 17.1 Å². The van der Waals surface area contributed by atoms with E-state index >= 15 is 0 Å². The van der Waals surface area contributed by atoms with E-state index in [1.165, 1.54) is 19.4 Å². The standard InChI is InChI=1S/C14H24N4S/c1-3-5-11-13(14(15)16)19-12(17-11)9-18-7-4-6-10(2)8-18/h10H,3-9H2,1-2H3,(H3,15,16). The van der Waals surface area contributed by atoms with E-state index in [9.17, 15) is 0 Å². The fourth-order valence-electron chi connectivity index (χ4n) is 2.71. The highest BCUT2D eigenvalue weighted by Gasteiger charge is 2.19. The Hall–Kier alpha value is -0.940. The van der Waals surface area contributed by atoms with Crippen LogP contribution in [0.4, 0.5) is 0 Å². The summed E-state index contributed by atoms with van der Waals surface area (Å²) in [5.74, 6) is 0.954. The van der Waals surface area contributed by atoms with Gasteiger partial charge in [-0.2, -0.15) is 0 Å². The topological polar surface area (TPSA) is 66.0 Å². The minimum absolute atomic E-state index is 0.166. The van der Waals surface area contributed by atoms with E-state index < -0.39 is 0 Å². The number of amidine groups is 1. The first-order valence-corrected chi connectivity index (χ1v) is 7.97. The Morgan fingerprint density at radius 1 is 1.58 bits per heavy atom. The van der Waals surface area contributed by atoms with Crippen molar-refractivity contribution in [3.63, 3.8) is 0 Å². The van der Waals surface area contributed by atoms with Gasteiger partial charge in [-0.15, -0.1) is 11.3 Å². The van der Waals surface area contributed by atoms with Crippen LogP contribution < -0.4 is 5.73 Å². The van der Waals surface area contributed by atoms with Crippen molar-refractivity contribution >= 4 is 17.2 Å². The van der Waals surface area contributed by atoms with Gasteiger partial charge < -0.3 is 5.73 Å². The molecule has 106 valence electrons. The third kappa shape index (κ3) is 3.76. The maximum Gasteiger partial charge on any atom is 0.135 e. The number of aromatic nitrogens is 1. The van der Waals surface area contributed by atoms with E-state index in [2.05, 4.69) is 18.7 Å². The molecule has 0 bridgehead atoms. The summed E-state index contributed by atoms with van der Waals surface area (Å²) in [5, 5.41) is 8.77. The number of hydrogen-bond acceptors (Lipinski definition) is 4. The van der Waals surface area contributed by atoms with Gasteiger partial charge in [0.1, 0.15) is 10.8 Å². The largest absolute Gasteiger partial charge is 0.383 e. The van der Waals surface area contributed by atoms with Crippen LogP contribution in [0, 0.1) is 11.3 Å². The highest BCUT2D eigenvalue weighted by molar-refractivity contribution is 7.13. The first-order chi connectivity index (χ1) is 9.10. The van der Waals surface area contributed by atoms with Crippen LogP contribution in [0.1, 0.15) is 48.7 Å². The Kier molecular flexibility index (Phi) is 4.93. The number of nitrogens with two attached hydrogens (primary N) is 1. The summed E-state index contributed by atoms with van der Waals surface area (Å²) in [4.78, 5) is 8.05. The Bertz CT molecular complexity index is 441. The highest BCUT2D eigenvalue weighted by Crippen LogP contribution is 2.23. The fraction of sp³-hybridized carbons (Fsp3) is 0.714. The number of nitrogens with one attached hydrogen (secondary N) is 1. The normalized spacial score (nSPS) is 20.6. The van der Waals surface area contributed by atoms with Crippen LogP contribution in [0.3, 0.4) is 0 Å². The van der Waals surface area contributed by atoms with Gasteiger partial charge in [-0.3, -0.25) is 10.3 Å². The quantitative estimate of drug-likeness (QED) is 0.643. The van der Waals surface area contributed by atoms with Gasteiger partial charge in [-0.25, -0.2) is 4.98 Å². The van der Waals surface area contributed by atoms with E-state index in [4.69, 9.17) is 16.1 Å². The second kappa shape index (κ2) is 6.48. The van der Waals surface area contributed by atoms with E-state index in [0.29, 0.717) is 0 Å². The van der Waals surface area contributed by atoms with Crippen LogP contribution in [0.25, 0.3) is 0 Å². The molecule has 0 saturated carbocycles. The van der Waals surface area contributed by atoms with Gasteiger partial charge >= 0.3 is 0 Å². The molecular weight excluding hydrogens is 256 g/mol. The van der Waals surface area contributed by atoms with Gasteiger partial charge in [-0.1, -0.05) is 20.3 Å². The van der Waals surface area contributed by atoms with Crippen molar-refractivity contribution in [3.8, 4) is 0 Å². The maximum atomic E-state index is 7.65. The van der Waals surface area contributed by atoms with Crippen LogP contribution >= 0.6 is 11.3 Å². The van der Waals surface area contributed by atoms with Crippen LogP contribution in [-0.2, 0) is 13.0 Å². The summed E-state index contributed by atoms with van der Waals surface area (Å²) in [6.45, 7) is 7.70. The molecule has 1 fully saturated rings. The number of nitrogens with zero attached hydrogens (tertiary/aromatic N) is 2. The summed E-state index contributed by atoms with van der Waals surface area (Å²) >= 11 is 1.60. The Labute approximate surface area is 119 Å². The molecule has 4 nitrogen and oxygen atoms in total. The summed E-state index contributed by atoms with van der Waals surface area (Å²) < 4.78 is 0. The summed E-state index contributed by atoms with van der Waals surface area (Å²) in [5.41, 5.74) is 6.67. The number of thiazole rings is 1. The van der Waals surface area contributed by atoms with Gasteiger partial charge in [0, 0.05) is 6.54 Å². The molecule has 3 N–H and O–H groups in total. The first-order valence-electron chi connectivity index (χ1n) is 7.15. The lowest BCUT2D eigenvalue weighted by molar-refractivity contribution is 0.176. The number of hydrogen-bond donors (Lipinski definition) is 2. The Morgan fingerprint density at radius 2 is 2.37 bits per heavy atom. The zero-order chi connectivity index (χ0) is 13.8. The fourth-order valence-corrected chi connectivity index (χ4v) is 3.72. The average Bonchev–Trinajstić information content (AvgIpc) is 2.73. The van der Waals surface area contributed by atoms with Crippen molar-refractivity contribution in [2.24, 2.45) is 11.7 Å². The molecular formula is C14H24N4S. The molecule has 1 aromatic heterocycles. The number of piperidine rings is 1. The SMILES string of the molecule is CCCc1nc(CN2CCCC(C)C2)sc1C(=N)N. The Morgan fingerprint density at radius 3 is 3.00 bits per heavy atom. The smallest absolute Gasteiger partial charge is 0.135 e. The monoisotopic (exact) mass is 280 g/mol. The number of nitrogen functional groups attached to an aromatic ring is 1. The zero-order valence-corrected chi connectivity index (χ0v) is 12.7. The summed E-state index contributed by atoms with van der Waals surface area (Å²) in [7, 11) is 0. The van der Waals surface area contributed by atoms with Gasteiger partial charge in [-0.05, 0) is 31.7 Å². The molecule has 5 heteroatoms. The molecule has 0 aromatic carbocycles. The lowest BCUT2D eigenvalue weighted by Crippen LogP contribution is -2.33. The van der Waals surface area contributed by atoms with Crippen molar-refractivity contribution in [3.05, 3.63) is 15.6 Å². The molecule has 1 aromatic rings. The van der Waals surface area contributed by atoms with Crippen molar-refractivity contribution in [1.29, 1.82) is 5.41 Å². The Balaban J connectivity index is 2.07. The van der Waals surface area contributed by atoms with E-state index in [1.807, 2.05) is 0 Å². The molecule has 1 atom stereocenters. The van der Waals surface area contributed by atoms with E-state index in [0.717, 1.165) is 47.4 Å². The second-order valence-corrected chi connectivity index (χ2v) is 6.61. The summed E-state index contributed by atoms with van der Waals surface area (Å²) in [6.07, 6.45) is 4.59. The second-order valence-electron chi connectivity index (χ2n) is 5.53. The van der Waals surface area contributed by atoms with Crippen molar-refractivity contribution < 1.29 is 0 Å². The lowest BCUT2D eigenvalue weighted by atomic mass is 10.0. The minimum atomic E-state index is 0.166. The number of aryl methyl sites for hydroxylation is 1. The number of likely N-dealkylation sites (tertiary alicyclic amines) is 1. The predicted octanol–water partition coefficient (Wildman–Crippen LogP) is 2.61.